The third kappa shape index (κ3) is 3.68. The molecule has 1 heterocycles. The summed E-state index contributed by atoms with van der Waals surface area (Å²) in [5.74, 6) is 0.825. The predicted octanol–water partition coefficient (Wildman–Crippen LogP) is 4.75. The molecule has 1 N–H and O–H groups in total. The summed E-state index contributed by atoms with van der Waals surface area (Å²) in [7, 11) is 1.68. The lowest BCUT2D eigenvalue weighted by Crippen LogP contribution is -2.18. The van der Waals surface area contributed by atoms with Gasteiger partial charge in [-0.25, -0.2) is 4.63 Å². The van der Waals surface area contributed by atoms with Gasteiger partial charge in [-0.1, -0.05) is 42.5 Å². The number of aromatic nitrogens is 2. The Labute approximate surface area is 157 Å². The fourth-order valence-electron chi connectivity index (χ4n) is 3.17. The predicted molar refractivity (Wildman–Crippen MR) is 105 cm³/mol. The number of hydrogen-bond donors (Lipinski definition) is 1. The smallest absolute Gasteiger partial charge is 0.135 e. The molecule has 4 aromatic rings. The summed E-state index contributed by atoms with van der Waals surface area (Å²) in [5.41, 5.74) is 5.98. The van der Waals surface area contributed by atoms with Gasteiger partial charge in [0, 0.05) is 18.2 Å². The van der Waals surface area contributed by atoms with E-state index in [1.807, 2.05) is 30.3 Å². The largest absolute Gasteiger partial charge is 0.496 e. The minimum atomic E-state index is 0.273. The van der Waals surface area contributed by atoms with E-state index in [0.29, 0.717) is 0 Å². The molecule has 0 saturated carbocycles. The molecule has 0 spiro atoms. The fraction of sp³-hybridized carbons (Fsp3) is 0.182. The lowest BCUT2D eigenvalue weighted by molar-refractivity contribution is 0.315. The molecular formula is C22H21N3O2. The molecule has 0 aliphatic carbocycles. The second-order valence-corrected chi connectivity index (χ2v) is 6.52. The zero-order valence-electron chi connectivity index (χ0n) is 15.3. The summed E-state index contributed by atoms with van der Waals surface area (Å²) in [5, 5.41) is 11.4. The molecule has 0 fully saturated rings. The van der Waals surface area contributed by atoms with Crippen molar-refractivity contribution in [1.82, 2.24) is 15.6 Å². The Kier molecular flexibility index (Phi) is 4.85. The van der Waals surface area contributed by atoms with Gasteiger partial charge < -0.3 is 10.1 Å². The van der Waals surface area contributed by atoms with Crippen LogP contribution in [0.5, 0.6) is 5.75 Å². The summed E-state index contributed by atoms with van der Waals surface area (Å²) in [6, 6.07) is 22.8. The Morgan fingerprint density at radius 3 is 2.59 bits per heavy atom. The first-order valence-corrected chi connectivity index (χ1v) is 8.92. The average Bonchev–Trinajstić information content (AvgIpc) is 3.20. The molecule has 0 aliphatic rings. The van der Waals surface area contributed by atoms with E-state index in [9.17, 15) is 0 Å². The van der Waals surface area contributed by atoms with E-state index in [4.69, 9.17) is 9.37 Å². The van der Waals surface area contributed by atoms with E-state index in [1.54, 1.807) is 7.11 Å². The molecule has 1 aromatic heterocycles. The van der Waals surface area contributed by atoms with Crippen LogP contribution >= 0.6 is 0 Å². The van der Waals surface area contributed by atoms with Crippen molar-refractivity contribution in [3.05, 3.63) is 77.9 Å². The van der Waals surface area contributed by atoms with Gasteiger partial charge in [0.15, 0.2) is 0 Å². The normalized spacial score (nSPS) is 12.2. The summed E-state index contributed by atoms with van der Waals surface area (Å²) < 4.78 is 10.4. The Bertz CT molecular complexity index is 1040. The van der Waals surface area contributed by atoms with E-state index in [0.717, 1.165) is 34.5 Å². The Morgan fingerprint density at radius 1 is 0.963 bits per heavy atom. The molecule has 0 unspecified atom stereocenters. The SMILES string of the molecule is COc1ccc(CN[C@H](C)c2ccccc2)cc1-c1ccc2nonc2c1. The van der Waals surface area contributed by atoms with Gasteiger partial charge in [-0.3, -0.25) is 0 Å². The summed E-state index contributed by atoms with van der Waals surface area (Å²) >= 11 is 0. The highest BCUT2D eigenvalue weighted by Gasteiger charge is 2.11. The number of rotatable bonds is 6. The van der Waals surface area contributed by atoms with Crippen LogP contribution in [0.1, 0.15) is 24.1 Å². The number of benzene rings is 3. The van der Waals surface area contributed by atoms with Crippen LogP contribution < -0.4 is 10.1 Å². The number of nitrogens with one attached hydrogen (secondary N) is 1. The summed E-state index contributed by atoms with van der Waals surface area (Å²) in [4.78, 5) is 0. The monoisotopic (exact) mass is 359 g/mol. The molecule has 5 nitrogen and oxygen atoms in total. The topological polar surface area (TPSA) is 60.2 Å². The second-order valence-electron chi connectivity index (χ2n) is 6.52. The minimum Gasteiger partial charge on any atom is -0.496 e. The average molecular weight is 359 g/mol. The highest BCUT2D eigenvalue weighted by atomic mass is 16.6. The molecule has 5 heteroatoms. The third-order valence-electron chi connectivity index (χ3n) is 4.74. The molecule has 0 amide bonds. The van der Waals surface area contributed by atoms with Crippen LogP contribution in [0.15, 0.2) is 71.4 Å². The van der Waals surface area contributed by atoms with Gasteiger partial charge in [-0.15, -0.1) is 0 Å². The van der Waals surface area contributed by atoms with Crippen molar-refractivity contribution in [2.75, 3.05) is 7.11 Å². The number of fused-ring (bicyclic) bond motifs is 1. The molecule has 0 saturated heterocycles. The van der Waals surface area contributed by atoms with Crippen molar-refractivity contribution in [2.24, 2.45) is 0 Å². The van der Waals surface area contributed by atoms with Gasteiger partial charge in [0.25, 0.3) is 0 Å². The van der Waals surface area contributed by atoms with Crippen LogP contribution in [0.4, 0.5) is 0 Å². The van der Waals surface area contributed by atoms with Crippen LogP contribution in [0, 0.1) is 0 Å². The lowest BCUT2D eigenvalue weighted by atomic mass is 10.0. The molecule has 4 rings (SSSR count). The standard InChI is InChI=1S/C22H21N3O2/c1-15(17-6-4-3-5-7-17)23-14-16-8-11-22(26-2)19(12-16)18-9-10-20-21(13-18)25-27-24-20/h3-13,15,23H,14H2,1-2H3/t15-/m1/s1. The van der Waals surface area contributed by atoms with Gasteiger partial charge in [0.2, 0.25) is 0 Å². The van der Waals surface area contributed by atoms with Crippen molar-refractivity contribution in [2.45, 2.75) is 19.5 Å². The first-order valence-electron chi connectivity index (χ1n) is 8.92. The highest BCUT2D eigenvalue weighted by molar-refractivity contribution is 5.82. The highest BCUT2D eigenvalue weighted by Crippen LogP contribution is 2.32. The molecule has 3 aromatic carbocycles. The van der Waals surface area contributed by atoms with Gasteiger partial charge >= 0.3 is 0 Å². The van der Waals surface area contributed by atoms with Crippen molar-refractivity contribution in [1.29, 1.82) is 0 Å². The van der Waals surface area contributed by atoms with E-state index >= 15 is 0 Å². The van der Waals surface area contributed by atoms with E-state index in [2.05, 4.69) is 59.0 Å². The van der Waals surface area contributed by atoms with Gasteiger partial charge in [-0.05, 0) is 58.2 Å². The maximum Gasteiger partial charge on any atom is 0.135 e. The molecule has 0 aliphatic heterocycles. The molecule has 27 heavy (non-hydrogen) atoms. The van der Waals surface area contributed by atoms with Crippen molar-refractivity contribution in [3.8, 4) is 16.9 Å². The maximum atomic E-state index is 5.56. The van der Waals surface area contributed by atoms with Gasteiger partial charge in [0.1, 0.15) is 16.8 Å². The number of ether oxygens (including phenoxy) is 1. The molecular weight excluding hydrogens is 338 g/mol. The molecule has 0 bridgehead atoms. The lowest BCUT2D eigenvalue weighted by Gasteiger charge is -2.16. The zero-order valence-corrected chi connectivity index (χ0v) is 15.3. The number of hydrogen-bond acceptors (Lipinski definition) is 5. The Morgan fingerprint density at radius 2 is 1.78 bits per heavy atom. The van der Waals surface area contributed by atoms with E-state index in [-0.39, 0.29) is 6.04 Å². The molecule has 136 valence electrons. The van der Waals surface area contributed by atoms with Crippen LogP contribution in [-0.4, -0.2) is 17.4 Å². The minimum absolute atomic E-state index is 0.273. The number of nitrogens with zero attached hydrogens (tertiary/aromatic N) is 2. The summed E-state index contributed by atoms with van der Waals surface area (Å²) in [6.45, 7) is 2.94. The first kappa shape index (κ1) is 17.2. The Balaban J connectivity index is 1.59. The maximum absolute atomic E-state index is 5.56. The van der Waals surface area contributed by atoms with Crippen molar-refractivity contribution >= 4 is 11.0 Å². The van der Waals surface area contributed by atoms with Crippen LogP contribution in [-0.2, 0) is 6.54 Å². The Hall–Kier alpha value is -3.18. The van der Waals surface area contributed by atoms with E-state index in [1.165, 1.54) is 11.1 Å². The van der Waals surface area contributed by atoms with Crippen LogP contribution in [0.2, 0.25) is 0 Å². The van der Waals surface area contributed by atoms with Crippen LogP contribution in [0.3, 0.4) is 0 Å². The van der Waals surface area contributed by atoms with Gasteiger partial charge in [0.05, 0.1) is 7.11 Å². The third-order valence-corrected chi connectivity index (χ3v) is 4.74. The van der Waals surface area contributed by atoms with Crippen molar-refractivity contribution < 1.29 is 9.37 Å². The molecule has 0 radical (unpaired) electrons. The fourth-order valence-corrected chi connectivity index (χ4v) is 3.17. The van der Waals surface area contributed by atoms with Gasteiger partial charge in [-0.2, -0.15) is 0 Å². The van der Waals surface area contributed by atoms with Crippen molar-refractivity contribution in [3.63, 3.8) is 0 Å². The summed E-state index contributed by atoms with van der Waals surface area (Å²) in [6.07, 6.45) is 0. The van der Waals surface area contributed by atoms with E-state index < -0.39 is 0 Å². The second kappa shape index (κ2) is 7.60. The van der Waals surface area contributed by atoms with Crippen LogP contribution in [0.25, 0.3) is 22.2 Å². The number of methoxy groups -OCH3 is 1. The first-order chi connectivity index (χ1) is 13.2. The zero-order chi connectivity index (χ0) is 18.6. The molecule has 1 atom stereocenters. The quantitative estimate of drug-likeness (QED) is 0.538.